The van der Waals surface area contributed by atoms with E-state index in [2.05, 4.69) is 0 Å². The Kier molecular flexibility index (Phi) is 3.07. The summed E-state index contributed by atoms with van der Waals surface area (Å²) < 4.78 is 26.9. The first-order valence-corrected chi connectivity index (χ1v) is 6.37. The largest absolute Gasteiger partial charge is 0.388 e. The Balaban J connectivity index is 1.97. The Bertz CT molecular complexity index is 609. The van der Waals surface area contributed by atoms with Crippen molar-refractivity contribution in [2.24, 2.45) is 0 Å². The van der Waals surface area contributed by atoms with Crippen molar-refractivity contribution in [2.45, 2.75) is 24.9 Å². The van der Waals surface area contributed by atoms with Crippen LogP contribution >= 0.6 is 0 Å². The molecule has 0 heterocycles. The topological polar surface area (TPSA) is 20.2 Å². The molecule has 0 aliphatic heterocycles. The Hall–Kier alpha value is -1.74. The zero-order chi connectivity index (χ0) is 13.4. The molecule has 2 aromatic carbocycles. The van der Waals surface area contributed by atoms with Crippen molar-refractivity contribution in [1.82, 2.24) is 0 Å². The molecule has 1 aliphatic carbocycles. The van der Waals surface area contributed by atoms with Crippen molar-refractivity contribution >= 4 is 0 Å². The Morgan fingerprint density at radius 1 is 1.11 bits per heavy atom. The second-order valence-corrected chi connectivity index (χ2v) is 4.95. The van der Waals surface area contributed by atoms with E-state index < -0.39 is 17.7 Å². The van der Waals surface area contributed by atoms with Gasteiger partial charge in [0.2, 0.25) is 0 Å². The Morgan fingerprint density at radius 3 is 2.74 bits per heavy atom. The lowest BCUT2D eigenvalue weighted by atomic mass is 9.90. The molecule has 0 radical (unpaired) electrons. The molecule has 2 unspecified atom stereocenters. The average molecular weight is 260 g/mol. The smallest absolute Gasteiger partial charge is 0.129 e. The van der Waals surface area contributed by atoms with Crippen LogP contribution in [0.3, 0.4) is 0 Å². The molecule has 0 aromatic heterocycles. The summed E-state index contributed by atoms with van der Waals surface area (Å²) in [7, 11) is 0. The number of fused-ring (bicyclic) bond motifs is 1. The number of hydrogen-bond donors (Lipinski definition) is 1. The highest BCUT2D eigenvalue weighted by molar-refractivity contribution is 5.37. The van der Waals surface area contributed by atoms with Gasteiger partial charge < -0.3 is 5.11 Å². The minimum Gasteiger partial charge on any atom is -0.388 e. The van der Waals surface area contributed by atoms with Gasteiger partial charge in [0, 0.05) is 11.5 Å². The van der Waals surface area contributed by atoms with Gasteiger partial charge in [0.15, 0.2) is 0 Å². The summed E-state index contributed by atoms with van der Waals surface area (Å²) >= 11 is 0. The number of benzene rings is 2. The SMILES string of the molecule is OC(c1cc(F)ccc1F)C1CCc2ccccc21. The normalized spacial score (nSPS) is 19.2. The zero-order valence-corrected chi connectivity index (χ0v) is 10.3. The van der Waals surface area contributed by atoms with Gasteiger partial charge >= 0.3 is 0 Å². The number of aliphatic hydroxyl groups is 1. The maximum Gasteiger partial charge on any atom is 0.129 e. The van der Waals surface area contributed by atoms with E-state index in [0.717, 1.165) is 36.6 Å². The summed E-state index contributed by atoms with van der Waals surface area (Å²) in [5.74, 6) is -1.24. The first-order chi connectivity index (χ1) is 9.16. The third kappa shape index (κ3) is 2.15. The quantitative estimate of drug-likeness (QED) is 0.872. The van der Waals surface area contributed by atoms with Crippen molar-refractivity contribution in [1.29, 1.82) is 0 Å². The van der Waals surface area contributed by atoms with Crippen LogP contribution in [-0.2, 0) is 6.42 Å². The minimum absolute atomic E-state index is 0.0432. The molecule has 2 aromatic rings. The van der Waals surface area contributed by atoms with Gasteiger partial charge in [-0.05, 0) is 42.2 Å². The lowest BCUT2D eigenvalue weighted by Gasteiger charge is -2.20. The molecule has 98 valence electrons. The molecule has 3 heteroatoms. The van der Waals surface area contributed by atoms with E-state index in [1.165, 1.54) is 5.56 Å². The summed E-state index contributed by atoms with van der Waals surface area (Å²) in [6.45, 7) is 0. The van der Waals surface area contributed by atoms with Crippen molar-refractivity contribution in [2.75, 3.05) is 0 Å². The van der Waals surface area contributed by atoms with Crippen LogP contribution in [0, 0.1) is 11.6 Å². The number of aryl methyl sites for hydroxylation is 1. The number of hydrogen-bond acceptors (Lipinski definition) is 1. The third-order valence-corrected chi connectivity index (χ3v) is 3.84. The molecule has 1 aliphatic rings. The third-order valence-electron chi connectivity index (χ3n) is 3.84. The number of halogens is 2. The standard InChI is InChI=1S/C16H14F2O/c17-11-6-8-15(18)14(9-11)16(19)13-7-5-10-3-1-2-4-12(10)13/h1-4,6,8-9,13,16,19H,5,7H2. The molecule has 0 saturated heterocycles. The first kappa shape index (κ1) is 12.3. The van der Waals surface area contributed by atoms with Crippen LogP contribution in [-0.4, -0.2) is 5.11 Å². The van der Waals surface area contributed by atoms with Crippen LogP contribution in [0.2, 0.25) is 0 Å². The first-order valence-electron chi connectivity index (χ1n) is 6.37. The molecule has 1 nitrogen and oxygen atoms in total. The maximum atomic E-state index is 13.7. The monoisotopic (exact) mass is 260 g/mol. The lowest BCUT2D eigenvalue weighted by molar-refractivity contribution is 0.140. The van der Waals surface area contributed by atoms with Gasteiger partial charge in [-0.1, -0.05) is 24.3 Å². The fourth-order valence-corrected chi connectivity index (χ4v) is 2.88. The van der Waals surface area contributed by atoms with Crippen LogP contribution in [0.5, 0.6) is 0 Å². The van der Waals surface area contributed by atoms with Gasteiger partial charge in [-0.25, -0.2) is 8.78 Å². The lowest BCUT2D eigenvalue weighted by Crippen LogP contribution is -2.10. The second kappa shape index (κ2) is 4.74. The van der Waals surface area contributed by atoms with E-state index in [-0.39, 0.29) is 11.5 Å². The van der Waals surface area contributed by atoms with E-state index in [9.17, 15) is 13.9 Å². The molecule has 3 rings (SSSR count). The van der Waals surface area contributed by atoms with Gasteiger partial charge in [0.25, 0.3) is 0 Å². The fourth-order valence-electron chi connectivity index (χ4n) is 2.88. The van der Waals surface area contributed by atoms with Crippen LogP contribution in [0.1, 0.15) is 35.1 Å². The highest BCUT2D eigenvalue weighted by atomic mass is 19.1. The molecule has 19 heavy (non-hydrogen) atoms. The van der Waals surface area contributed by atoms with E-state index >= 15 is 0 Å². The number of aliphatic hydroxyl groups excluding tert-OH is 1. The van der Waals surface area contributed by atoms with E-state index in [4.69, 9.17) is 0 Å². The maximum absolute atomic E-state index is 13.7. The second-order valence-electron chi connectivity index (χ2n) is 4.95. The van der Waals surface area contributed by atoms with Crippen LogP contribution in [0.15, 0.2) is 42.5 Å². The highest BCUT2D eigenvalue weighted by Crippen LogP contribution is 2.42. The van der Waals surface area contributed by atoms with Crippen LogP contribution < -0.4 is 0 Å². The van der Waals surface area contributed by atoms with Gasteiger partial charge in [-0.2, -0.15) is 0 Å². The predicted octanol–water partition coefficient (Wildman–Crippen LogP) is 3.73. The summed E-state index contributed by atoms with van der Waals surface area (Å²) in [6, 6.07) is 11.0. The molecule has 1 N–H and O–H groups in total. The highest BCUT2D eigenvalue weighted by Gasteiger charge is 2.30. The molecule has 2 atom stereocenters. The summed E-state index contributed by atoms with van der Waals surface area (Å²) in [5, 5.41) is 10.4. The molecule has 0 fully saturated rings. The minimum atomic E-state index is -1.00. The van der Waals surface area contributed by atoms with Gasteiger partial charge in [-0.15, -0.1) is 0 Å². The molecule has 0 bridgehead atoms. The fraction of sp³-hybridized carbons (Fsp3) is 0.250. The van der Waals surface area contributed by atoms with Crippen molar-refractivity contribution in [3.05, 3.63) is 70.8 Å². The Labute approximate surface area is 110 Å². The average Bonchev–Trinajstić information content (AvgIpc) is 2.84. The van der Waals surface area contributed by atoms with Crippen molar-refractivity contribution in [3.63, 3.8) is 0 Å². The van der Waals surface area contributed by atoms with Crippen LogP contribution in [0.4, 0.5) is 8.78 Å². The van der Waals surface area contributed by atoms with E-state index in [1.807, 2.05) is 24.3 Å². The number of rotatable bonds is 2. The molecule has 0 spiro atoms. The summed E-state index contributed by atoms with van der Waals surface area (Å²) in [5.41, 5.74) is 2.27. The summed E-state index contributed by atoms with van der Waals surface area (Å²) in [4.78, 5) is 0. The van der Waals surface area contributed by atoms with E-state index in [1.54, 1.807) is 0 Å². The molecular formula is C16H14F2O. The molecule has 0 amide bonds. The van der Waals surface area contributed by atoms with Crippen molar-refractivity contribution < 1.29 is 13.9 Å². The van der Waals surface area contributed by atoms with Gasteiger partial charge in [-0.3, -0.25) is 0 Å². The zero-order valence-electron chi connectivity index (χ0n) is 10.3. The van der Waals surface area contributed by atoms with E-state index in [0.29, 0.717) is 0 Å². The summed E-state index contributed by atoms with van der Waals surface area (Å²) in [6.07, 6.45) is 0.630. The predicted molar refractivity (Wildman–Crippen MR) is 68.8 cm³/mol. The Morgan fingerprint density at radius 2 is 1.89 bits per heavy atom. The van der Waals surface area contributed by atoms with Gasteiger partial charge in [0.1, 0.15) is 11.6 Å². The van der Waals surface area contributed by atoms with Gasteiger partial charge in [0.05, 0.1) is 6.10 Å². The van der Waals surface area contributed by atoms with Crippen molar-refractivity contribution in [3.8, 4) is 0 Å². The van der Waals surface area contributed by atoms with Crippen LogP contribution in [0.25, 0.3) is 0 Å². The molecular weight excluding hydrogens is 246 g/mol. The molecule has 0 saturated carbocycles.